The van der Waals surface area contributed by atoms with Gasteiger partial charge in [-0.25, -0.2) is 0 Å². The lowest BCUT2D eigenvalue weighted by Crippen LogP contribution is -2.01. The number of oxime groups is 1. The molecule has 0 aliphatic heterocycles. The molecule has 0 amide bonds. The number of hydrogen-bond acceptors (Lipinski definition) is 4. The van der Waals surface area contributed by atoms with E-state index in [9.17, 15) is 0 Å². The van der Waals surface area contributed by atoms with Gasteiger partial charge in [0.2, 0.25) is 5.90 Å². The lowest BCUT2D eigenvalue weighted by atomic mass is 10.5. The van der Waals surface area contributed by atoms with E-state index in [2.05, 4.69) is 26.3 Å². The minimum atomic E-state index is -3.65. The zero-order valence-corrected chi connectivity index (χ0v) is 7.93. The van der Waals surface area contributed by atoms with Gasteiger partial charge in [0.1, 0.15) is 7.11 Å². The second-order valence-electron chi connectivity index (χ2n) is 1.60. The fourth-order valence-electron chi connectivity index (χ4n) is 0.385. The van der Waals surface area contributed by atoms with E-state index in [0.717, 1.165) is 0 Å². The third-order valence-electron chi connectivity index (χ3n) is 0.720. The van der Waals surface area contributed by atoms with Crippen molar-refractivity contribution in [3.8, 4) is 0 Å². The van der Waals surface area contributed by atoms with Crippen molar-refractivity contribution in [2.24, 2.45) is 5.16 Å². The van der Waals surface area contributed by atoms with Crippen molar-refractivity contribution in [3.05, 3.63) is 0 Å². The SMILES string of the molecule is CCC(=NOC)OP(O)(O)=S. The second kappa shape index (κ2) is 4.66. The summed E-state index contributed by atoms with van der Waals surface area (Å²) in [7, 11) is 1.33. The van der Waals surface area contributed by atoms with E-state index in [-0.39, 0.29) is 5.90 Å². The van der Waals surface area contributed by atoms with Gasteiger partial charge in [-0.2, -0.15) is 0 Å². The van der Waals surface area contributed by atoms with E-state index in [1.807, 2.05) is 0 Å². The van der Waals surface area contributed by atoms with Crippen LogP contribution in [0.3, 0.4) is 0 Å². The smallest absolute Gasteiger partial charge is 0.376 e. The van der Waals surface area contributed by atoms with Crippen LogP contribution in [0.25, 0.3) is 0 Å². The largest absolute Gasteiger partial charge is 0.407 e. The first kappa shape index (κ1) is 10.8. The summed E-state index contributed by atoms with van der Waals surface area (Å²) in [6.07, 6.45) is 0.396. The lowest BCUT2D eigenvalue weighted by molar-refractivity contribution is 0.202. The number of hydrogen-bond donors (Lipinski definition) is 2. The molecule has 0 aliphatic rings. The first-order valence-electron chi connectivity index (χ1n) is 2.84. The maximum Gasteiger partial charge on any atom is 0.376 e. The van der Waals surface area contributed by atoms with Crippen LogP contribution < -0.4 is 0 Å². The average molecular weight is 199 g/mol. The molecule has 0 spiro atoms. The molecule has 0 rings (SSSR count). The van der Waals surface area contributed by atoms with E-state index in [4.69, 9.17) is 9.79 Å². The van der Waals surface area contributed by atoms with Crippen LogP contribution in [0.1, 0.15) is 13.3 Å². The van der Waals surface area contributed by atoms with E-state index < -0.39 is 6.72 Å². The van der Waals surface area contributed by atoms with Crippen LogP contribution in [0, 0.1) is 0 Å². The average Bonchev–Trinajstić information content (AvgIpc) is 1.84. The van der Waals surface area contributed by atoms with Crippen molar-refractivity contribution >= 4 is 24.4 Å². The zero-order valence-electron chi connectivity index (χ0n) is 6.22. The van der Waals surface area contributed by atoms with Gasteiger partial charge < -0.3 is 19.1 Å². The van der Waals surface area contributed by atoms with Crippen molar-refractivity contribution in [1.82, 2.24) is 0 Å². The highest BCUT2D eigenvalue weighted by atomic mass is 32.5. The Kier molecular flexibility index (Phi) is 4.60. The van der Waals surface area contributed by atoms with Gasteiger partial charge in [-0.15, -0.1) is 0 Å². The predicted octanol–water partition coefficient (Wildman–Crippen LogP) is 0.582. The molecule has 66 valence electrons. The van der Waals surface area contributed by atoms with Gasteiger partial charge in [-0.05, 0) is 0 Å². The minimum absolute atomic E-state index is 0.0841. The summed E-state index contributed by atoms with van der Waals surface area (Å²) in [5.41, 5.74) is 0. The minimum Gasteiger partial charge on any atom is -0.407 e. The fraction of sp³-hybridized carbons (Fsp3) is 0.750. The third kappa shape index (κ3) is 6.25. The van der Waals surface area contributed by atoms with E-state index in [0.29, 0.717) is 6.42 Å². The van der Waals surface area contributed by atoms with Crippen LogP contribution in [-0.2, 0) is 21.2 Å². The molecule has 5 nitrogen and oxygen atoms in total. The molecule has 0 saturated heterocycles. The Balaban J connectivity index is 4.10. The van der Waals surface area contributed by atoms with Crippen molar-refractivity contribution in [2.75, 3.05) is 7.11 Å². The van der Waals surface area contributed by atoms with Crippen LogP contribution >= 0.6 is 6.72 Å². The normalized spacial score (nSPS) is 12.9. The van der Waals surface area contributed by atoms with Crippen molar-refractivity contribution < 1.29 is 19.1 Å². The molecule has 0 atom stereocenters. The molecule has 0 saturated carbocycles. The molecule has 0 radical (unpaired) electrons. The summed E-state index contributed by atoms with van der Waals surface area (Å²) < 4.78 is 4.49. The zero-order chi connectivity index (χ0) is 8.91. The predicted molar refractivity (Wildman–Crippen MR) is 44.5 cm³/mol. The molecule has 11 heavy (non-hydrogen) atoms. The standard InChI is InChI=1S/C4H10NO4PS/c1-3-4(5-8-2)9-10(6,7)11/h3H2,1-2H3,(H2,6,7,11). The van der Waals surface area contributed by atoms with Gasteiger partial charge in [0.15, 0.2) is 0 Å². The molecule has 0 bridgehead atoms. The molecule has 0 aliphatic carbocycles. The van der Waals surface area contributed by atoms with E-state index in [1.165, 1.54) is 7.11 Å². The van der Waals surface area contributed by atoms with Crippen molar-refractivity contribution in [2.45, 2.75) is 13.3 Å². The number of nitrogens with zero attached hydrogens (tertiary/aromatic N) is 1. The maximum absolute atomic E-state index is 8.67. The van der Waals surface area contributed by atoms with Crippen LogP contribution in [0.5, 0.6) is 0 Å². The second-order valence-corrected chi connectivity index (χ2v) is 4.19. The summed E-state index contributed by atoms with van der Waals surface area (Å²) in [5, 5.41) is 3.36. The quantitative estimate of drug-likeness (QED) is 0.301. The molecule has 0 heterocycles. The van der Waals surface area contributed by atoms with Gasteiger partial charge in [0, 0.05) is 18.2 Å². The van der Waals surface area contributed by atoms with E-state index >= 15 is 0 Å². The summed E-state index contributed by atoms with van der Waals surface area (Å²) in [6.45, 7) is -1.92. The fourth-order valence-corrected chi connectivity index (χ4v) is 1.08. The van der Waals surface area contributed by atoms with E-state index in [1.54, 1.807) is 6.92 Å². The molecule has 0 fully saturated rings. The molecule has 0 aromatic heterocycles. The molecule has 0 aromatic rings. The molecule has 0 unspecified atom stereocenters. The Labute approximate surface area is 69.9 Å². The van der Waals surface area contributed by atoms with Gasteiger partial charge in [0.25, 0.3) is 0 Å². The Hall–Kier alpha value is -0.160. The Morgan fingerprint density at radius 3 is 2.45 bits per heavy atom. The van der Waals surface area contributed by atoms with Gasteiger partial charge in [0.05, 0.1) is 0 Å². The van der Waals surface area contributed by atoms with Crippen molar-refractivity contribution in [3.63, 3.8) is 0 Å². The van der Waals surface area contributed by atoms with Crippen LogP contribution in [0.15, 0.2) is 5.16 Å². The molecular formula is C4H10NO4PS. The topological polar surface area (TPSA) is 71.3 Å². The third-order valence-corrected chi connectivity index (χ3v) is 1.39. The van der Waals surface area contributed by atoms with Crippen LogP contribution in [0.2, 0.25) is 0 Å². The van der Waals surface area contributed by atoms with Gasteiger partial charge in [-0.1, -0.05) is 12.1 Å². The summed E-state index contributed by atoms with van der Waals surface area (Å²) in [5.74, 6) is 0.0841. The highest BCUT2D eigenvalue weighted by Crippen LogP contribution is 2.37. The van der Waals surface area contributed by atoms with Gasteiger partial charge >= 0.3 is 6.72 Å². The van der Waals surface area contributed by atoms with Crippen LogP contribution in [0.4, 0.5) is 0 Å². The maximum atomic E-state index is 8.67. The molecule has 2 N–H and O–H groups in total. The number of rotatable bonds is 3. The molecule has 0 aromatic carbocycles. The summed E-state index contributed by atoms with van der Waals surface area (Å²) in [4.78, 5) is 21.7. The lowest BCUT2D eigenvalue weighted by Gasteiger charge is -2.09. The molecular weight excluding hydrogens is 189 g/mol. The summed E-state index contributed by atoms with van der Waals surface area (Å²) in [6, 6.07) is 0. The monoisotopic (exact) mass is 199 g/mol. The van der Waals surface area contributed by atoms with Crippen LogP contribution in [-0.4, -0.2) is 22.8 Å². The highest BCUT2D eigenvalue weighted by molar-refractivity contribution is 8.06. The highest BCUT2D eigenvalue weighted by Gasteiger charge is 2.12. The molecule has 7 heteroatoms. The first-order chi connectivity index (χ1) is 4.99. The summed E-state index contributed by atoms with van der Waals surface area (Å²) >= 11 is 4.21. The van der Waals surface area contributed by atoms with Crippen molar-refractivity contribution in [1.29, 1.82) is 0 Å². The Morgan fingerprint density at radius 1 is 1.64 bits per heavy atom. The Morgan fingerprint density at radius 2 is 2.18 bits per heavy atom. The van der Waals surface area contributed by atoms with Gasteiger partial charge in [-0.3, -0.25) is 0 Å². The first-order valence-corrected chi connectivity index (χ1v) is 5.47. The Bertz CT molecular complexity index is 189.